The van der Waals surface area contributed by atoms with E-state index in [9.17, 15) is 8.42 Å². The lowest BCUT2D eigenvalue weighted by molar-refractivity contribution is 0.514. The van der Waals surface area contributed by atoms with Gasteiger partial charge in [0.25, 0.3) is 0 Å². The van der Waals surface area contributed by atoms with Crippen LogP contribution in [0.3, 0.4) is 0 Å². The van der Waals surface area contributed by atoms with Crippen LogP contribution in [0, 0.1) is 5.92 Å². The first-order valence-electron chi connectivity index (χ1n) is 4.96. The maximum Gasteiger partial charge on any atom is 0.209 e. The summed E-state index contributed by atoms with van der Waals surface area (Å²) in [5, 5.41) is 4.94. The van der Waals surface area contributed by atoms with E-state index in [1.165, 1.54) is 19.3 Å². The zero-order valence-electron chi connectivity index (χ0n) is 8.62. The fraction of sp³-hybridized carbons (Fsp3) is 1.00. The average molecular weight is 207 g/mol. The van der Waals surface area contributed by atoms with Crippen LogP contribution in [-0.2, 0) is 10.0 Å². The molecule has 0 saturated heterocycles. The number of sulfonamides is 1. The van der Waals surface area contributed by atoms with Gasteiger partial charge < -0.3 is 0 Å². The monoisotopic (exact) mass is 207 g/mol. The molecular weight excluding hydrogens is 186 g/mol. The number of unbranched alkanes of at least 4 members (excludes halogenated alkanes) is 3. The number of primary sulfonamides is 1. The molecule has 1 atom stereocenters. The summed E-state index contributed by atoms with van der Waals surface area (Å²) in [7, 11) is -3.27. The maximum atomic E-state index is 10.7. The zero-order valence-corrected chi connectivity index (χ0v) is 9.44. The smallest absolute Gasteiger partial charge is 0.209 e. The quantitative estimate of drug-likeness (QED) is 0.648. The van der Waals surface area contributed by atoms with E-state index in [4.69, 9.17) is 5.14 Å². The fourth-order valence-electron chi connectivity index (χ4n) is 1.40. The molecule has 80 valence electrons. The van der Waals surface area contributed by atoms with Crippen LogP contribution in [0.2, 0.25) is 0 Å². The number of nitrogens with two attached hydrogens (primary N) is 1. The normalized spacial score (nSPS) is 14.4. The molecule has 0 fully saturated rings. The summed E-state index contributed by atoms with van der Waals surface area (Å²) in [4.78, 5) is 0. The molecule has 0 aromatic carbocycles. The summed E-state index contributed by atoms with van der Waals surface area (Å²) in [6.07, 6.45) is 5.73. The van der Waals surface area contributed by atoms with E-state index >= 15 is 0 Å². The van der Waals surface area contributed by atoms with Crippen molar-refractivity contribution in [1.29, 1.82) is 0 Å². The molecular formula is C9H21NO2S. The Labute approximate surface area is 81.8 Å². The van der Waals surface area contributed by atoms with Crippen LogP contribution in [0.1, 0.15) is 46.0 Å². The highest BCUT2D eigenvalue weighted by atomic mass is 32.2. The van der Waals surface area contributed by atoms with E-state index in [2.05, 4.69) is 6.92 Å². The second-order valence-corrected chi connectivity index (χ2v) is 5.44. The Morgan fingerprint density at radius 2 is 1.85 bits per heavy atom. The van der Waals surface area contributed by atoms with E-state index in [-0.39, 0.29) is 11.7 Å². The van der Waals surface area contributed by atoms with E-state index < -0.39 is 10.0 Å². The van der Waals surface area contributed by atoms with Crippen molar-refractivity contribution >= 4 is 10.0 Å². The van der Waals surface area contributed by atoms with Crippen LogP contribution in [0.5, 0.6) is 0 Å². The van der Waals surface area contributed by atoms with Crippen LogP contribution in [0.15, 0.2) is 0 Å². The fourth-order valence-corrected chi connectivity index (χ4v) is 2.36. The van der Waals surface area contributed by atoms with Gasteiger partial charge in [0.05, 0.1) is 5.75 Å². The van der Waals surface area contributed by atoms with Crippen molar-refractivity contribution in [2.24, 2.45) is 11.1 Å². The standard InChI is InChI=1S/C9H21NO2S/c1-3-4-5-6-7-9(2)8-13(10,11)12/h9H,3-8H2,1-2H3,(H2,10,11,12). The van der Waals surface area contributed by atoms with E-state index in [1.807, 2.05) is 6.92 Å². The molecule has 1 unspecified atom stereocenters. The Morgan fingerprint density at radius 1 is 1.23 bits per heavy atom. The van der Waals surface area contributed by atoms with Crippen molar-refractivity contribution in [2.75, 3.05) is 5.75 Å². The minimum atomic E-state index is -3.27. The molecule has 0 aromatic heterocycles. The first kappa shape index (κ1) is 12.9. The molecule has 0 amide bonds. The third kappa shape index (κ3) is 9.83. The minimum absolute atomic E-state index is 0.124. The van der Waals surface area contributed by atoms with Crippen molar-refractivity contribution in [3.05, 3.63) is 0 Å². The van der Waals surface area contributed by atoms with Crippen LogP contribution in [0.4, 0.5) is 0 Å². The molecule has 0 spiro atoms. The molecule has 4 heteroatoms. The van der Waals surface area contributed by atoms with Crippen molar-refractivity contribution in [2.45, 2.75) is 46.0 Å². The molecule has 13 heavy (non-hydrogen) atoms. The Bertz CT molecular complexity index is 212. The van der Waals surface area contributed by atoms with Crippen molar-refractivity contribution in [3.8, 4) is 0 Å². The van der Waals surface area contributed by atoms with E-state index in [1.54, 1.807) is 0 Å². The van der Waals surface area contributed by atoms with Crippen LogP contribution in [-0.4, -0.2) is 14.2 Å². The van der Waals surface area contributed by atoms with Gasteiger partial charge in [-0.3, -0.25) is 0 Å². The Morgan fingerprint density at radius 3 is 2.31 bits per heavy atom. The van der Waals surface area contributed by atoms with Crippen molar-refractivity contribution in [1.82, 2.24) is 0 Å². The van der Waals surface area contributed by atoms with Gasteiger partial charge in [-0.15, -0.1) is 0 Å². The van der Waals surface area contributed by atoms with E-state index in [0.29, 0.717) is 0 Å². The summed E-state index contributed by atoms with van der Waals surface area (Å²) in [6.45, 7) is 4.10. The molecule has 0 bridgehead atoms. The summed E-state index contributed by atoms with van der Waals surface area (Å²) in [5.74, 6) is 0.325. The number of hydrogen-bond donors (Lipinski definition) is 1. The molecule has 3 nitrogen and oxygen atoms in total. The molecule has 0 aliphatic heterocycles. The first-order valence-corrected chi connectivity index (χ1v) is 6.67. The van der Waals surface area contributed by atoms with Crippen LogP contribution < -0.4 is 5.14 Å². The molecule has 2 N–H and O–H groups in total. The van der Waals surface area contributed by atoms with Gasteiger partial charge in [-0.05, 0) is 12.3 Å². The van der Waals surface area contributed by atoms with Gasteiger partial charge in [0.1, 0.15) is 0 Å². The lowest BCUT2D eigenvalue weighted by Crippen LogP contribution is -2.21. The third-order valence-electron chi connectivity index (χ3n) is 2.07. The second kappa shape index (κ2) is 6.38. The molecule has 0 aliphatic carbocycles. The van der Waals surface area contributed by atoms with Gasteiger partial charge in [0.2, 0.25) is 10.0 Å². The van der Waals surface area contributed by atoms with Crippen LogP contribution in [0.25, 0.3) is 0 Å². The largest absolute Gasteiger partial charge is 0.229 e. The molecule has 0 saturated carbocycles. The maximum absolute atomic E-state index is 10.7. The average Bonchev–Trinajstić information content (AvgIpc) is 1.94. The molecule has 0 rings (SSSR count). The SMILES string of the molecule is CCCCCCC(C)CS(N)(=O)=O. The molecule has 0 aliphatic rings. The number of hydrogen-bond acceptors (Lipinski definition) is 2. The van der Waals surface area contributed by atoms with Crippen LogP contribution >= 0.6 is 0 Å². The van der Waals surface area contributed by atoms with Gasteiger partial charge in [-0.2, -0.15) is 0 Å². The lowest BCUT2D eigenvalue weighted by Gasteiger charge is -2.08. The van der Waals surface area contributed by atoms with Gasteiger partial charge in [0.15, 0.2) is 0 Å². The summed E-state index contributed by atoms with van der Waals surface area (Å²) in [5.41, 5.74) is 0. The zero-order chi connectivity index (χ0) is 10.3. The van der Waals surface area contributed by atoms with Crippen molar-refractivity contribution < 1.29 is 8.42 Å². The lowest BCUT2D eigenvalue weighted by atomic mass is 10.0. The third-order valence-corrected chi connectivity index (χ3v) is 3.10. The van der Waals surface area contributed by atoms with E-state index in [0.717, 1.165) is 12.8 Å². The predicted molar refractivity (Wildman–Crippen MR) is 55.9 cm³/mol. The second-order valence-electron chi connectivity index (χ2n) is 3.78. The Hall–Kier alpha value is -0.0900. The molecule has 0 radical (unpaired) electrons. The number of rotatable bonds is 7. The highest BCUT2D eigenvalue weighted by Gasteiger charge is 2.09. The Kier molecular flexibility index (Phi) is 6.33. The highest BCUT2D eigenvalue weighted by molar-refractivity contribution is 7.89. The van der Waals surface area contributed by atoms with Gasteiger partial charge in [0, 0.05) is 0 Å². The van der Waals surface area contributed by atoms with Gasteiger partial charge in [-0.1, -0.05) is 39.5 Å². The first-order chi connectivity index (χ1) is 5.95. The predicted octanol–water partition coefficient (Wildman–Crippen LogP) is 1.88. The van der Waals surface area contributed by atoms with Crippen molar-refractivity contribution in [3.63, 3.8) is 0 Å². The topological polar surface area (TPSA) is 60.2 Å². The minimum Gasteiger partial charge on any atom is -0.229 e. The van der Waals surface area contributed by atoms with Gasteiger partial charge in [-0.25, -0.2) is 13.6 Å². The highest BCUT2D eigenvalue weighted by Crippen LogP contribution is 2.11. The Balaban J connectivity index is 3.47. The summed E-state index contributed by atoms with van der Waals surface area (Å²) < 4.78 is 21.4. The van der Waals surface area contributed by atoms with Gasteiger partial charge >= 0.3 is 0 Å². The summed E-state index contributed by atoms with van der Waals surface area (Å²) >= 11 is 0. The molecule has 0 aromatic rings. The molecule has 0 heterocycles. The summed E-state index contributed by atoms with van der Waals surface area (Å²) in [6, 6.07) is 0.